The van der Waals surface area contributed by atoms with Gasteiger partial charge in [-0.3, -0.25) is 9.36 Å². The fourth-order valence-corrected chi connectivity index (χ4v) is 0.596. The molecule has 0 aromatic carbocycles. The second kappa shape index (κ2) is 7.83. The number of hydrogen-bond donors (Lipinski definition) is 2. The summed E-state index contributed by atoms with van der Waals surface area (Å²) in [6.07, 6.45) is -0.523. The van der Waals surface area contributed by atoms with Gasteiger partial charge < -0.3 is 14.7 Å². The largest absolute Gasteiger partial charge is 0.438 e. The van der Waals surface area contributed by atoms with E-state index >= 15 is 0 Å². The number of aliphatic hydroxyl groups is 1. The van der Waals surface area contributed by atoms with E-state index in [1.807, 2.05) is 0 Å². The molecule has 0 aromatic heterocycles. The van der Waals surface area contributed by atoms with Crippen LogP contribution in [0.3, 0.4) is 0 Å². The van der Waals surface area contributed by atoms with Crippen molar-refractivity contribution in [3.63, 3.8) is 0 Å². The van der Waals surface area contributed by atoms with E-state index in [1.54, 1.807) is 0 Å². The van der Waals surface area contributed by atoms with E-state index in [9.17, 15) is 9.36 Å². The molecule has 0 amide bonds. The Kier molecular flexibility index (Phi) is 10.4. The van der Waals surface area contributed by atoms with Gasteiger partial charge in [0.05, 0.1) is 0 Å². The van der Waals surface area contributed by atoms with Gasteiger partial charge in [-0.25, -0.2) is 0 Å². The monoisotopic (exact) mass is 243 g/mol. The number of ether oxygens (including phenoxy) is 1. The minimum atomic E-state index is -2.79. The molecule has 0 bridgehead atoms. The SMILES string of the molecule is O=C(C[PH](=O)O)OCO.[Y]. The summed E-state index contributed by atoms with van der Waals surface area (Å²) in [7, 11) is -2.79. The van der Waals surface area contributed by atoms with Crippen LogP contribution in [0.15, 0.2) is 0 Å². The average Bonchev–Trinajstić information content (AvgIpc) is 1.63. The molecule has 1 radical (unpaired) electrons. The Hall–Kier alpha value is 0.724. The normalized spacial score (nSPS) is 11.4. The van der Waals surface area contributed by atoms with Crippen LogP contribution in [0.2, 0.25) is 0 Å². The molecule has 0 fully saturated rings. The molecule has 1 unspecified atom stereocenters. The van der Waals surface area contributed by atoms with E-state index < -0.39 is 27.0 Å². The summed E-state index contributed by atoms with van der Waals surface area (Å²) < 4.78 is 13.8. The van der Waals surface area contributed by atoms with Crippen LogP contribution in [0, 0.1) is 0 Å². The van der Waals surface area contributed by atoms with E-state index in [4.69, 9.17) is 10.00 Å². The third-order valence-electron chi connectivity index (χ3n) is 0.521. The van der Waals surface area contributed by atoms with Gasteiger partial charge in [0.25, 0.3) is 0 Å². The second-order valence-electron chi connectivity index (χ2n) is 1.22. The summed E-state index contributed by atoms with van der Waals surface area (Å²) >= 11 is 0. The molecule has 1 atom stereocenters. The first-order chi connectivity index (χ1) is 4.16. The third kappa shape index (κ3) is 8.72. The molecule has 0 rings (SSSR count). The first-order valence-corrected chi connectivity index (χ1v) is 3.71. The topological polar surface area (TPSA) is 83.8 Å². The molecule has 0 saturated carbocycles. The number of carbonyl (C=O) groups excluding carboxylic acids is 1. The standard InChI is InChI=1S/C3H7O5P.Y/c4-2-8-3(5)1-9(6)7;/h4,9H,1-2H2,(H,6,7);. The Labute approximate surface area is 83.5 Å². The molecular weight excluding hydrogens is 236 g/mol. The molecular formula is C3H7O5PY. The van der Waals surface area contributed by atoms with Crippen LogP contribution in [0.1, 0.15) is 0 Å². The quantitative estimate of drug-likeness (QED) is 0.375. The van der Waals surface area contributed by atoms with E-state index in [-0.39, 0.29) is 32.7 Å². The zero-order chi connectivity index (χ0) is 7.28. The van der Waals surface area contributed by atoms with Crippen LogP contribution in [0.25, 0.3) is 0 Å². The van der Waals surface area contributed by atoms with Crippen molar-refractivity contribution in [2.75, 3.05) is 13.0 Å². The van der Waals surface area contributed by atoms with Gasteiger partial charge in [-0.2, -0.15) is 0 Å². The van der Waals surface area contributed by atoms with Crippen molar-refractivity contribution in [2.24, 2.45) is 0 Å². The predicted molar refractivity (Wildman–Crippen MR) is 29.3 cm³/mol. The van der Waals surface area contributed by atoms with Gasteiger partial charge in [-0.15, -0.1) is 0 Å². The van der Waals surface area contributed by atoms with E-state index in [1.165, 1.54) is 0 Å². The number of carbonyl (C=O) groups is 1. The molecule has 0 aliphatic carbocycles. The van der Waals surface area contributed by atoms with Crippen molar-refractivity contribution in [1.29, 1.82) is 0 Å². The average molecular weight is 243 g/mol. The maximum Gasteiger partial charge on any atom is 0.317 e. The van der Waals surface area contributed by atoms with Crippen LogP contribution in [0.4, 0.5) is 0 Å². The van der Waals surface area contributed by atoms with Crippen LogP contribution in [-0.2, 0) is 46.8 Å². The molecule has 0 aromatic rings. The van der Waals surface area contributed by atoms with Crippen molar-refractivity contribution >= 4 is 14.0 Å². The van der Waals surface area contributed by atoms with Crippen molar-refractivity contribution < 1.29 is 56.8 Å². The summed E-state index contributed by atoms with van der Waals surface area (Å²) in [5, 5.41) is 7.93. The molecule has 57 valence electrons. The smallest absolute Gasteiger partial charge is 0.317 e. The number of hydrogen-bond acceptors (Lipinski definition) is 4. The first kappa shape index (κ1) is 13.3. The minimum absolute atomic E-state index is 0. The fraction of sp³-hybridized carbons (Fsp3) is 0.667. The van der Waals surface area contributed by atoms with Gasteiger partial charge in [-0.1, -0.05) is 0 Å². The minimum Gasteiger partial charge on any atom is -0.438 e. The van der Waals surface area contributed by atoms with Gasteiger partial charge in [0.1, 0.15) is 6.16 Å². The molecule has 0 spiro atoms. The molecule has 2 N–H and O–H groups in total. The molecule has 0 aliphatic heterocycles. The maximum atomic E-state index is 10.1. The third-order valence-corrected chi connectivity index (χ3v) is 1.11. The van der Waals surface area contributed by atoms with Gasteiger partial charge in [0, 0.05) is 32.7 Å². The summed E-state index contributed by atoms with van der Waals surface area (Å²) in [5.74, 6) is -0.858. The Morgan fingerprint density at radius 3 is 2.40 bits per heavy atom. The molecule has 0 saturated heterocycles. The van der Waals surface area contributed by atoms with Crippen LogP contribution in [-0.4, -0.2) is 28.9 Å². The maximum absolute atomic E-state index is 10.1. The number of esters is 1. The van der Waals surface area contributed by atoms with E-state index in [0.29, 0.717) is 0 Å². The fourth-order valence-electron chi connectivity index (χ4n) is 0.247. The number of rotatable bonds is 3. The predicted octanol–water partition coefficient (Wildman–Crippen LogP) is -1.06. The van der Waals surface area contributed by atoms with Gasteiger partial charge in [-0.05, 0) is 0 Å². The van der Waals surface area contributed by atoms with Crippen LogP contribution in [0.5, 0.6) is 0 Å². The summed E-state index contributed by atoms with van der Waals surface area (Å²) in [6.45, 7) is -0.742. The molecule has 10 heavy (non-hydrogen) atoms. The van der Waals surface area contributed by atoms with Crippen LogP contribution >= 0.6 is 8.03 Å². The summed E-state index contributed by atoms with van der Waals surface area (Å²) in [4.78, 5) is 18.2. The van der Waals surface area contributed by atoms with Gasteiger partial charge in [0.15, 0.2) is 14.8 Å². The van der Waals surface area contributed by atoms with Gasteiger partial charge in [0.2, 0.25) is 0 Å². The number of aliphatic hydroxyl groups excluding tert-OH is 1. The molecule has 0 aliphatic rings. The first-order valence-electron chi connectivity index (χ1n) is 2.15. The Bertz CT molecular complexity index is 126. The van der Waals surface area contributed by atoms with Crippen molar-refractivity contribution in [1.82, 2.24) is 0 Å². The van der Waals surface area contributed by atoms with E-state index in [2.05, 4.69) is 4.74 Å². The zero-order valence-electron chi connectivity index (χ0n) is 5.11. The summed E-state index contributed by atoms with van der Waals surface area (Å²) in [6, 6.07) is 0. The van der Waals surface area contributed by atoms with Gasteiger partial charge >= 0.3 is 5.97 Å². The summed E-state index contributed by atoms with van der Waals surface area (Å²) in [5.41, 5.74) is 0. The van der Waals surface area contributed by atoms with Crippen molar-refractivity contribution in [2.45, 2.75) is 0 Å². The van der Waals surface area contributed by atoms with E-state index in [0.717, 1.165) is 0 Å². The zero-order valence-corrected chi connectivity index (χ0v) is 8.95. The Balaban J connectivity index is 0. The molecule has 7 heteroatoms. The van der Waals surface area contributed by atoms with Crippen molar-refractivity contribution in [3.05, 3.63) is 0 Å². The second-order valence-corrected chi connectivity index (χ2v) is 2.36. The van der Waals surface area contributed by atoms with Crippen molar-refractivity contribution in [3.8, 4) is 0 Å². The van der Waals surface area contributed by atoms with Crippen LogP contribution < -0.4 is 0 Å². The Morgan fingerprint density at radius 1 is 1.60 bits per heavy atom. The molecule has 5 nitrogen and oxygen atoms in total. The Morgan fingerprint density at radius 2 is 2.10 bits per heavy atom. The molecule has 0 heterocycles.